The van der Waals surface area contributed by atoms with E-state index < -0.39 is 33.8 Å². The smallest absolute Gasteiger partial charge is 0.262 e. The second kappa shape index (κ2) is 9.48. The summed E-state index contributed by atoms with van der Waals surface area (Å²) in [5, 5.41) is 3.00. The summed E-state index contributed by atoms with van der Waals surface area (Å²) in [6, 6.07) is 10.1. The number of aromatic nitrogens is 1. The molecule has 0 saturated heterocycles. The van der Waals surface area contributed by atoms with Crippen LogP contribution in [0, 0.1) is 5.92 Å². The summed E-state index contributed by atoms with van der Waals surface area (Å²) < 4.78 is 27.2. The van der Waals surface area contributed by atoms with Crippen LogP contribution < -0.4 is 5.32 Å². The minimum Gasteiger partial charge on any atom is -0.300 e. The lowest BCUT2D eigenvalue weighted by Gasteiger charge is -2.29. The number of carbonyl (C=O) groups excluding carboxylic acids is 3. The summed E-state index contributed by atoms with van der Waals surface area (Å²) in [6.07, 6.45) is 0.567. The number of amides is 3. The van der Waals surface area contributed by atoms with Gasteiger partial charge in [-0.25, -0.2) is 17.7 Å². The Morgan fingerprint density at radius 2 is 1.74 bits per heavy atom. The summed E-state index contributed by atoms with van der Waals surface area (Å²) in [4.78, 5) is 45.0. The fourth-order valence-corrected chi connectivity index (χ4v) is 6.15. The van der Waals surface area contributed by atoms with Gasteiger partial charge in [-0.3, -0.25) is 19.3 Å². The molecule has 1 aliphatic rings. The van der Waals surface area contributed by atoms with E-state index in [2.05, 4.69) is 10.3 Å². The van der Waals surface area contributed by atoms with Gasteiger partial charge in [0.25, 0.3) is 11.8 Å². The van der Waals surface area contributed by atoms with E-state index in [0.717, 1.165) is 16.2 Å². The molecule has 1 aliphatic heterocycles. The van der Waals surface area contributed by atoms with Crippen LogP contribution in [0.5, 0.6) is 0 Å². The molecular weight excluding hydrogens is 488 g/mol. The maximum atomic E-state index is 13.4. The minimum absolute atomic E-state index is 0.138. The van der Waals surface area contributed by atoms with Crippen LogP contribution in [-0.2, 0) is 14.8 Å². The fraction of sp³-hybridized carbons (Fsp3) is 0.333. The predicted octanol–water partition coefficient (Wildman–Crippen LogP) is 3.59. The average molecular weight is 515 g/mol. The fourth-order valence-electron chi connectivity index (χ4n) is 3.96. The SMILES string of the molecule is CCC(C)C(C(=O)Nc1nc2ccc(S(=O)(=O)N(C)CC)cc2s1)N1C(=O)c2ccccc2C1=O. The Bertz CT molecular complexity index is 1400. The Morgan fingerprint density at radius 3 is 2.31 bits per heavy atom. The maximum absolute atomic E-state index is 13.4. The number of sulfonamides is 1. The van der Waals surface area contributed by atoms with Gasteiger partial charge in [0.15, 0.2) is 5.13 Å². The first-order chi connectivity index (χ1) is 16.6. The first kappa shape index (κ1) is 25.0. The van der Waals surface area contributed by atoms with Crippen molar-refractivity contribution < 1.29 is 22.8 Å². The molecule has 35 heavy (non-hydrogen) atoms. The zero-order chi connectivity index (χ0) is 25.5. The molecule has 3 aromatic rings. The molecule has 0 aliphatic carbocycles. The number of nitrogens with zero attached hydrogens (tertiary/aromatic N) is 3. The van der Waals surface area contributed by atoms with E-state index in [1.54, 1.807) is 37.3 Å². The highest BCUT2D eigenvalue weighted by Crippen LogP contribution is 2.32. The van der Waals surface area contributed by atoms with Crippen molar-refractivity contribution in [3.8, 4) is 0 Å². The van der Waals surface area contributed by atoms with Crippen LogP contribution in [0.1, 0.15) is 47.9 Å². The van der Waals surface area contributed by atoms with Crippen molar-refractivity contribution in [2.45, 2.75) is 38.1 Å². The van der Waals surface area contributed by atoms with Crippen molar-refractivity contribution in [1.82, 2.24) is 14.2 Å². The molecule has 0 radical (unpaired) electrons. The first-order valence-electron chi connectivity index (χ1n) is 11.2. The monoisotopic (exact) mass is 514 g/mol. The van der Waals surface area contributed by atoms with Gasteiger partial charge in [-0.05, 0) is 36.2 Å². The summed E-state index contributed by atoms with van der Waals surface area (Å²) in [7, 11) is -2.12. The molecular formula is C24H26N4O5S2. The normalized spacial score (nSPS) is 15.5. The molecule has 184 valence electrons. The van der Waals surface area contributed by atoms with E-state index in [-0.39, 0.29) is 27.1 Å². The molecule has 3 amide bonds. The maximum Gasteiger partial charge on any atom is 0.262 e. The molecule has 1 aromatic heterocycles. The number of hydrogen-bond acceptors (Lipinski definition) is 7. The Morgan fingerprint density at radius 1 is 1.11 bits per heavy atom. The molecule has 0 spiro atoms. The third-order valence-electron chi connectivity index (χ3n) is 6.30. The largest absolute Gasteiger partial charge is 0.300 e. The molecule has 0 fully saturated rings. The third kappa shape index (κ3) is 4.35. The van der Waals surface area contributed by atoms with E-state index in [1.165, 1.54) is 23.5 Å². The zero-order valence-electron chi connectivity index (χ0n) is 19.8. The van der Waals surface area contributed by atoms with Crippen LogP contribution >= 0.6 is 11.3 Å². The molecule has 11 heteroatoms. The quantitative estimate of drug-likeness (QED) is 0.459. The van der Waals surface area contributed by atoms with E-state index >= 15 is 0 Å². The highest BCUT2D eigenvalue weighted by molar-refractivity contribution is 7.89. The lowest BCUT2D eigenvalue weighted by Crippen LogP contribution is -2.50. The Labute approximate surface area is 207 Å². The number of fused-ring (bicyclic) bond motifs is 2. The molecule has 2 heterocycles. The summed E-state index contributed by atoms with van der Waals surface area (Å²) in [5.41, 5.74) is 1.10. The van der Waals surface area contributed by atoms with Crippen LogP contribution in [0.3, 0.4) is 0 Å². The number of anilines is 1. The van der Waals surface area contributed by atoms with E-state index in [4.69, 9.17) is 0 Å². The van der Waals surface area contributed by atoms with Crippen LogP contribution in [-0.4, -0.2) is 60.0 Å². The lowest BCUT2D eigenvalue weighted by atomic mass is 9.96. The highest BCUT2D eigenvalue weighted by Gasteiger charge is 2.44. The van der Waals surface area contributed by atoms with Gasteiger partial charge in [-0.15, -0.1) is 0 Å². The molecule has 2 atom stereocenters. The van der Waals surface area contributed by atoms with Gasteiger partial charge in [-0.2, -0.15) is 0 Å². The number of benzene rings is 2. The standard InChI is InChI=1S/C24H26N4O5S2/c1-5-14(3)20(28-22(30)16-9-7-8-10-17(16)23(28)31)21(29)26-24-25-18-12-11-15(13-19(18)34-24)35(32,33)27(4)6-2/h7-14,20H,5-6H2,1-4H3,(H,25,26,29). The Balaban J connectivity index is 1.63. The van der Waals surface area contributed by atoms with Crippen LogP contribution in [0.2, 0.25) is 0 Å². The van der Waals surface area contributed by atoms with Crippen molar-refractivity contribution >= 4 is 54.4 Å². The van der Waals surface area contributed by atoms with Crippen molar-refractivity contribution in [3.63, 3.8) is 0 Å². The number of rotatable bonds is 8. The van der Waals surface area contributed by atoms with Gasteiger partial charge < -0.3 is 5.32 Å². The van der Waals surface area contributed by atoms with Crippen molar-refractivity contribution in [3.05, 3.63) is 53.6 Å². The number of imide groups is 1. The Hall–Kier alpha value is -3.15. The molecule has 4 rings (SSSR count). The van der Waals surface area contributed by atoms with Crippen LogP contribution in [0.25, 0.3) is 10.2 Å². The highest BCUT2D eigenvalue weighted by atomic mass is 32.2. The van der Waals surface area contributed by atoms with Crippen LogP contribution in [0.4, 0.5) is 5.13 Å². The molecule has 9 nitrogen and oxygen atoms in total. The van der Waals surface area contributed by atoms with E-state index in [1.807, 2.05) is 13.8 Å². The first-order valence-corrected chi connectivity index (χ1v) is 13.5. The number of hydrogen-bond donors (Lipinski definition) is 1. The van der Waals surface area contributed by atoms with Crippen LogP contribution in [0.15, 0.2) is 47.4 Å². The van der Waals surface area contributed by atoms with E-state index in [0.29, 0.717) is 23.2 Å². The second-order valence-corrected chi connectivity index (χ2v) is 11.5. The summed E-state index contributed by atoms with van der Waals surface area (Å²) in [5.74, 6) is -1.81. The molecule has 0 saturated carbocycles. The zero-order valence-corrected chi connectivity index (χ0v) is 21.4. The summed E-state index contributed by atoms with van der Waals surface area (Å²) >= 11 is 1.13. The predicted molar refractivity (Wildman–Crippen MR) is 134 cm³/mol. The van der Waals surface area contributed by atoms with Gasteiger partial charge in [0, 0.05) is 13.6 Å². The third-order valence-corrected chi connectivity index (χ3v) is 9.16. The molecule has 1 N–H and O–H groups in total. The average Bonchev–Trinajstić information content (AvgIpc) is 3.36. The van der Waals surface area contributed by atoms with Gasteiger partial charge >= 0.3 is 0 Å². The Kier molecular flexibility index (Phi) is 6.76. The van der Waals surface area contributed by atoms with Gasteiger partial charge in [0.05, 0.1) is 26.2 Å². The van der Waals surface area contributed by atoms with Gasteiger partial charge in [0.1, 0.15) is 6.04 Å². The molecule has 2 unspecified atom stereocenters. The van der Waals surface area contributed by atoms with Crippen molar-refractivity contribution in [2.75, 3.05) is 18.9 Å². The summed E-state index contributed by atoms with van der Waals surface area (Å²) in [6.45, 7) is 5.78. The minimum atomic E-state index is -3.63. The second-order valence-electron chi connectivity index (χ2n) is 8.41. The van der Waals surface area contributed by atoms with Crippen molar-refractivity contribution in [1.29, 1.82) is 0 Å². The lowest BCUT2D eigenvalue weighted by molar-refractivity contribution is -0.121. The van der Waals surface area contributed by atoms with Gasteiger partial charge in [0.2, 0.25) is 15.9 Å². The van der Waals surface area contributed by atoms with Gasteiger partial charge in [-0.1, -0.05) is 50.7 Å². The topological polar surface area (TPSA) is 117 Å². The molecule has 2 aromatic carbocycles. The number of thiazole rings is 1. The number of carbonyl (C=O) groups is 3. The van der Waals surface area contributed by atoms with E-state index in [9.17, 15) is 22.8 Å². The molecule has 0 bridgehead atoms. The van der Waals surface area contributed by atoms with Crippen molar-refractivity contribution in [2.24, 2.45) is 5.92 Å². The number of nitrogens with one attached hydrogen (secondary N) is 1.